The summed E-state index contributed by atoms with van der Waals surface area (Å²) in [5.41, 5.74) is 12.6. The van der Waals surface area contributed by atoms with Crippen molar-refractivity contribution in [1.82, 2.24) is 0 Å². The van der Waals surface area contributed by atoms with Crippen LogP contribution in [0.15, 0.2) is 46.2 Å². The topological polar surface area (TPSA) is 26.0 Å². The average Bonchev–Trinajstić information content (AvgIpc) is 2.34. The number of hydrogen-bond acceptors (Lipinski definition) is 1. The van der Waals surface area contributed by atoms with E-state index in [1.165, 1.54) is 22.3 Å². The fourth-order valence-corrected chi connectivity index (χ4v) is 2.21. The molecule has 0 aliphatic heterocycles. The molecule has 2 aliphatic rings. The van der Waals surface area contributed by atoms with Crippen molar-refractivity contribution in [3.05, 3.63) is 46.2 Å². The summed E-state index contributed by atoms with van der Waals surface area (Å²) in [5.74, 6) is 0.403. The summed E-state index contributed by atoms with van der Waals surface area (Å²) in [6, 6.07) is 0. The summed E-state index contributed by atoms with van der Waals surface area (Å²) in [7, 11) is 0. The Morgan fingerprint density at radius 2 is 2.00 bits per heavy atom. The van der Waals surface area contributed by atoms with Gasteiger partial charge < -0.3 is 5.73 Å². The Morgan fingerprint density at radius 3 is 2.71 bits per heavy atom. The van der Waals surface area contributed by atoms with Gasteiger partial charge in [-0.15, -0.1) is 0 Å². The molecular formula is C13H17N. The van der Waals surface area contributed by atoms with Crippen LogP contribution in [0.5, 0.6) is 0 Å². The van der Waals surface area contributed by atoms with Gasteiger partial charge >= 0.3 is 0 Å². The van der Waals surface area contributed by atoms with Gasteiger partial charge in [-0.1, -0.05) is 30.7 Å². The van der Waals surface area contributed by atoms with Crippen LogP contribution in [0.25, 0.3) is 0 Å². The highest BCUT2D eigenvalue weighted by atomic mass is 14.6. The maximum atomic E-state index is 6.05. The quantitative estimate of drug-likeness (QED) is 0.619. The fourth-order valence-electron chi connectivity index (χ4n) is 2.21. The molecule has 1 heteroatoms. The SMILES string of the molecule is CC1=CCC2=C(C=C1)C(C)C(N)=C2C. The molecule has 1 atom stereocenters. The molecule has 0 aromatic carbocycles. The Labute approximate surface area is 85.7 Å². The van der Waals surface area contributed by atoms with Crippen LogP contribution in [0.1, 0.15) is 27.2 Å². The molecule has 2 N–H and O–H groups in total. The largest absolute Gasteiger partial charge is 0.401 e. The predicted molar refractivity (Wildman–Crippen MR) is 60.6 cm³/mol. The predicted octanol–water partition coefficient (Wildman–Crippen LogP) is 3.07. The molecule has 1 nitrogen and oxygen atoms in total. The molecule has 2 aliphatic carbocycles. The molecule has 0 fully saturated rings. The minimum absolute atomic E-state index is 0.403. The van der Waals surface area contributed by atoms with Gasteiger partial charge in [0.05, 0.1) is 0 Å². The molecule has 0 saturated heterocycles. The maximum absolute atomic E-state index is 6.05. The smallest absolute Gasteiger partial charge is 0.0213 e. The van der Waals surface area contributed by atoms with Gasteiger partial charge in [0.1, 0.15) is 0 Å². The lowest BCUT2D eigenvalue weighted by Crippen LogP contribution is -2.06. The lowest BCUT2D eigenvalue weighted by molar-refractivity contribution is 0.822. The lowest BCUT2D eigenvalue weighted by atomic mass is 10.00. The fraction of sp³-hybridized carbons (Fsp3) is 0.385. The van der Waals surface area contributed by atoms with Gasteiger partial charge in [-0.05, 0) is 37.0 Å². The third-order valence-electron chi connectivity index (χ3n) is 3.32. The van der Waals surface area contributed by atoms with Crippen molar-refractivity contribution in [2.75, 3.05) is 0 Å². The highest BCUT2D eigenvalue weighted by molar-refractivity contribution is 5.54. The highest BCUT2D eigenvalue weighted by Crippen LogP contribution is 2.38. The minimum Gasteiger partial charge on any atom is -0.401 e. The van der Waals surface area contributed by atoms with Crippen LogP contribution in [0, 0.1) is 5.92 Å². The van der Waals surface area contributed by atoms with Crippen molar-refractivity contribution in [2.24, 2.45) is 11.7 Å². The van der Waals surface area contributed by atoms with E-state index in [0.717, 1.165) is 12.1 Å². The number of hydrogen-bond donors (Lipinski definition) is 1. The van der Waals surface area contributed by atoms with Gasteiger partial charge in [0.25, 0.3) is 0 Å². The Bertz CT molecular complexity index is 391. The van der Waals surface area contributed by atoms with E-state index in [2.05, 4.69) is 39.0 Å². The Balaban J connectivity index is 2.46. The first-order valence-corrected chi connectivity index (χ1v) is 5.15. The van der Waals surface area contributed by atoms with Crippen molar-refractivity contribution in [2.45, 2.75) is 27.2 Å². The van der Waals surface area contributed by atoms with E-state index in [-0.39, 0.29) is 0 Å². The van der Waals surface area contributed by atoms with Crippen LogP contribution in [0.2, 0.25) is 0 Å². The molecule has 2 rings (SSSR count). The summed E-state index contributed by atoms with van der Waals surface area (Å²) in [6.45, 7) is 6.47. The lowest BCUT2D eigenvalue weighted by Gasteiger charge is -2.07. The molecular weight excluding hydrogens is 170 g/mol. The normalized spacial score (nSPS) is 26.5. The highest BCUT2D eigenvalue weighted by Gasteiger charge is 2.25. The third-order valence-corrected chi connectivity index (χ3v) is 3.32. The monoisotopic (exact) mass is 187 g/mol. The van der Waals surface area contributed by atoms with Gasteiger partial charge in [0, 0.05) is 11.6 Å². The summed E-state index contributed by atoms with van der Waals surface area (Å²) < 4.78 is 0. The second-order valence-electron chi connectivity index (χ2n) is 4.22. The van der Waals surface area contributed by atoms with Gasteiger partial charge in [-0.2, -0.15) is 0 Å². The first-order valence-electron chi connectivity index (χ1n) is 5.15. The zero-order valence-electron chi connectivity index (χ0n) is 9.09. The van der Waals surface area contributed by atoms with Gasteiger partial charge in [0.15, 0.2) is 0 Å². The van der Waals surface area contributed by atoms with Gasteiger partial charge in [-0.25, -0.2) is 0 Å². The van der Waals surface area contributed by atoms with E-state index in [1.54, 1.807) is 0 Å². The molecule has 0 spiro atoms. The molecule has 0 amide bonds. The first-order chi connectivity index (χ1) is 6.61. The van der Waals surface area contributed by atoms with Crippen LogP contribution in [-0.4, -0.2) is 0 Å². The number of allylic oxidation sites excluding steroid dienone is 7. The average molecular weight is 187 g/mol. The summed E-state index contributed by atoms with van der Waals surface area (Å²) in [4.78, 5) is 0. The van der Waals surface area contributed by atoms with Crippen LogP contribution < -0.4 is 5.73 Å². The van der Waals surface area contributed by atoms with Crippen molar-refractivity contribution < 1.29 is 0 Å². The second kappa shape index (κ2) is 3.16. The van der Waals surface area contributed by atoms with E-state index in [0.29, 0.717) is 5.92 Å². The molecule has 0 saturated carbocycles. The Hall–Kier alpha value is -1.24. The second-order valence-corrected chi connectivity index (χ2v) is 4.22. The zero-order valence-corrected chi connectivity index (χ0v) is 9.09. The summed E-state index contributed by atoms with van der Waals surface area (Å²) in [5, 5.41) is 0. The van der Waals surface area contributed by atoms with Crippen LogP contribution >= 0.6 is 0 Å². The van der Waals surface area contributed by atoms with Gasteiger partial charge in [0.2, 0.25) is 0 Å². The van der Waals surface area contributed by atoms with Gasteiger partial charge in [-0.3, -0.25) is 0 Å². The molecule has 1 unspecified atom stereocenters. The third kappa shape index (κ3) is 1.24. The minimum atomic E-state index is 0.403. The number of rotatable bonds is 0. The van der Waals surface area contributed by atoms with Crippen LogP contribution in [0.3, 0.4) is 0 Å². The van der Waals surface area contributed by atoms with E-state index in [1.807, 2.05) is 0 Å². The van der Waals surface area contributed by atoms with Crippen molar-refractivity contribution in [3.63, 3.8) is 0 Å². The molecule has 0 bridgehead atoms. The molecule has 0 heterocycles. The van der Waals surface area contributed by atoms with Crippen LogP contribution in [-0.2, 0) is 0 Å². The van der Waals surface area contributed by atoms with E-state index in [9.17, 15) is 0 Å². The molecule has 0 aromatic rings. The molecule has 74 valence electrons. The molecule has 0 aromatic heterocycles. The molecule has 0 radical (unpaired) electrons. The van der Waals surface area contributed by atoms with Crippen LogP contribution in [0.4, 0.5) is 0 Å². The van der Waals surface area contributed by atoms with E-state index >= 15 is 0 Å². The molecule has 14 heavy (non-hydrogen) atoms. The van der Waals surface area contributed by atoms with Crippen molar-refractivity contribution in [1.29, 1.82) is 0 Å². The summed E-state index contributed by atoms with van der Waals surface area (Å²) >= 11 is 0. The van der Waals surface area contributed by atoms with E-state index in [4.69, 9.17) is 5.73 Å². The Morgan fingerprint density at radius 1 is 1.29 bits per heavy atom. The summed E-state index contributed by atoms with van der Waals surface area (Å²) in [6.07, 6.45) is 7.71. The van der Waals surface area contributed by atoms with Crippen molar-refractivity contribution in [3.8, 4) is 0 Å². The maximum Gasteiger partial charge on any atom is 0.0213 e. The van der Waals surface area contributed by atoms with E-state index < -0.39 is 0 Å². The standard InChI is InChI=1S/C13H17N/c1-8-4-6-11-9(2)13(14)10(3)12(11)7-5-8/h4-6,9H,7,14H2,1-3H3. The first kappa shape index (κ1) is 9.32. The zero-order chi connectivity index (χ0) is 10.3. The Kier molecular flexibility index (Phi) is 2.10. The number of nitrogens with two attached hydrogens (primary N) is 1. The van der Waals surface area contributed by atoms with Crippen molar-refractivity contribution >= 4 is 0 Å².